The van der Waals surface area contributed by atoms with Crippen LogP contribution in [0.1, 0.15) is 24.5 Å². The number of nitro groups is 1. The van der Waals surface area contributed by atoms with E-state index in [-0.39, 0.29) is 11.6 Å². The molecule has 0 aliphatic carbocycles. The van der Waals surface area contributed by atoms with Crippen LogP contribution < -0.4 is 0 Å². The van der Waals surface area contributed by atoms with Crippen molar-refractivity contribution in [2.24, 2.45) is 0 Å². The van der Waals surface area contributed by atoms with Crippen LogP contribution >= 0.6 is 35.7 Å². The van der Waals surface area contributed by atoms with E-state index in [4.69, 9.17) is 12.2 Å². The molecule has 1 saturated heterocycles. The van der Waals surface area contributed by atoms with Crippen LogP contribution in [-0.2, 0) is 4.79 Å². The second-order valence-electron chi connectivity index (χ2n) is 6.23. The third-order valence-electron chi connectivity index (χ3n) is 4.05. The maximum atomic E-state index is 12.5. The van der Waals surface area contributed by atoms with Crippen LogP contribution in [-0.4, -0.2) is 26.6 Å². The highest BCUT2D eigenvalue weighted by molar-refractivity contribution is 8.26. The second kappa shape index (κ2) is 8.89. The van der Waals surface area contributed by atoms with Crippen LogP contribution in [0.15, 0.2) is 57.2 Å². The molecule has 0 saturated carbocycles. The van der Waals surface area contributed by atoms with Crippen LogP contribution in [0, 0.1) is 17.0 Å². The number of carbonyl (C=O) groups is 1. The molecule has 0 unspecified atom stereocenters. The van der Waals surface area contributed by atoms with Gasteiger partial charge in [0.2, 0.25) is 0 Å². The Kier molecular flexibility index (Phi) is 6.53. The number of rotatable bonds is 6. The number of thiocarbonyl (C=S) groups is 1. The van der Waals surface area contributed by atoms with Crippen molar-refractivity contribution in [2.45, 2.75) is 30.1 Å². The maximum Gasteiger partial charge on any atom is 0.283 e. The number of nitro benzene ring substituents is 1. The summed E-state index contributed by atoms with van der Waals surface area (Å²) >= 11 is 7.84. The maximum absolute atomic E-state index is 12.5. The number of nitrogens with zero attached hydrogens (tertiary/aromatic N) is 2. The van der Waals surface area contributed by atoms with E-state index in [1.54, 1.807) is 23.1 Å². The first-order valence-electron chi connectivity index (χ1n) is 8.67. The Morgan fingerprint density at radius 3 is 2.61 bits per heavy atom. The van der Waals surface area contributed by atoms with Crippen molar-refractivity contribution in [3.8, 4) is 0 Å². The minimum atomic E-state index is -0.393. The summed E-state index contributed by atoms with van der Waals surface area (Å²) in [6, 6.07) is 12.8. The molecule has 1 heterocycles. The van der Waals surface area contributed by atoms with Crippen LogP contribution in [0.3, 0.4) is 0 Å². The molecule has 1 aliphatic heterocycles. The second-order valence-corrected chi connectivity index (χ2v) is 9.02. The van der Waals surface area contributed by atoms with Crippen LogP contribution in [0.2, 0.25) is 0 Å². The van der Waals surface area contributed by atoms with Gasteiger partial charge in [0.25, 0.3) is 11.6 Å². The minimum absolute atomic E-state index is 0.0170. The smallest absolute Gasteiger partial charge is 0.283 e. The van der Waals surface area contributed by atoms with E-state index in [9.17, 15) is 14.9 Å². The summed E-state index contributed by atoms with van der Waals surface area (Å²) in [5, 5.41) is 11.6. The zero-order valence-corrected chi connectivity index (χ0v) is 17.8. The Bertz CT molecular complexity index is 971. The van der Waals surface area contributed by atoms with Crippen molar-refractivity contribution >= 4 is 57.7 Å². The Morgan fingerprint density at radius 2 is 1.96 bits per heavy atom. The molecule has 3 rings (SSSR count). The summed E-state index contributed by atoms with van der Waals surface area (Å²) in [6.07, 6.45) is 2.48. The van der Waals surface area contributed by atoms with E-state index in [1.165, 1.54) is 29.6 Å². The Morgan fingerprint density at radius 1 is 1.25 bits per heavy atom. The van der Waals surface area contributed by atoms with Crippen molar-refractivity contribution < 1.29 is 9.72 Å². The van der Waals surface area contributed by atoms with Gasteiger partial charge >= 0.3 is 0 Å². The molecule has 0 spiro atoms. The highest BCUT2D eigenvalue weighted by Gasteiger charge is 2.31. The van der Waals surface area contributed by atoms with E-state index in [0.29, 0.717) is 26.2 Å². The molecular formula is C20H18N2O3S3. The van der Waals surface area contributed by atoms with Crippen LogP contribution in [0.4, 0.5) is 5.69 Å². The summed E-state index contributed by atoms with van der Waals surface area (Å²) in [5.74, 6) is -0.141. The Labute approximate surface area is 177 Å². The topological polar surface area (TPSA) is 63.5 Å². The van der Waals surface area contributed by atoms with Gasteiger partial charge in [-0.3, -0.25) is 19.8 Å². The monoisotopic (exact) mass is 430 g/mol. The summed E-state index contributed by atoms with van der Waals surface area (Å²) in [6.45, 7) is 4.55. The van der Waals surface area contributed by atoms with Gasteiger partial charge in [-0.2, -0.15) is 0 Å². The number of carbonyl (C=O) groups excluding carboxylic acids is 1. The number of hydrogen-bond donors (Lipinski definition) is 0. The van der Waals surface area contributed by atoms with Gasteiger partial charge in [0.15, 0.2) is 0 Å². The first-order chi connectivity index (χ1) is 13.4. The molecule has 0 bridgehead atoms. The fraction of sp³-hybridized carbons (Fsp3) is 0.200. The first kappa shape index (κ1) is 20.6. The number of benzene rings is 2. The number of thioether (sulfide) groups is 1. The predicted octanol–water partition coefficient (Wildman–Crippen LogP) is 5.67. The molecule has 0 N–H and O–H groups in total. The van der Waals surface area contributed by atoms with Gasteiger partial charge < -0.3 is 0 Å². The molecule has 0 aromatic heterocycles. The van der Waals surface area contributed by atoms with Gasteiger partial charge in [0, 0.05) is 17.5 Å². The van der Waals surface area contributed by atoms with E-state index >= 15 is 0 Å². The lowest BCUT2D eigenvalue weighted by molar-refractivity contribution is -0.387. The number of hydrogen-bond acceptors (Lipinski definition) is 6. The minimum Gasteiger partial charge on any atom is -0.293 e. The summed E-state index contributed by atoms with van der Waals surface area (Å²) in [7, 11) is 0. The molecule has 0 atom stereocenters. The van der Waals surface area contributed by atoms with Crippen LogP contribution in [0.5, 0.6) is 0 Å². The lowest BCUT2D eigenvalue weighted by atomic mass is 10.2. The Hall–Kier alpha value is -2.16. The van der Waals surface area contributed by atoms with Crippen LogP contribution in [0.25, 0.3) is 6.08 Å². The summed E-state index contributed by atoms with van der Waals surface area (Å²) in [5.41, 5.74) is 1.76. The lowest BCUT2D eigenvalue weighted by Crippen LogP contribution is -2.28. The molecule has 2 aromatic rings. The summed E-state index contributed by atoms with van der Waals surface area (Å²) in [4.78, 5) is 27.2. The largest absolute Gasteiger partial charge is 0.293 e. The quantitative estimate of drug-likeness (QED) is 0.255. The van der Waals surface area contributed by atoms with Gasteiger partial charge in [-0.15, -0.1) is 0 Å². The SMILES string of the molecule is CCCN1C(=O)/C(=C\c2ccc(Sc3ccc(C)cc3)c([N+](=O)[O-])c2)SC1=S. The molecule has 2 aromatic carbocycles. The van der Waals surface area contributed by atoms with E-state index in [1.807, 2.05) is 38.1 Å². The highest BCUT2D eigenvalue weighted by Crippen LogP contribution is 2.37. The van der Waals surface area contributed by atoms with Gasteiger partial charge in [0.05, 0.1) is 14.7 Å². The molecule has 8 heteroatoms. The molecule has 0 radical (unpaired) electrons. The van der Waals surface area contributed by atoms with Crippen molar-refractivity contribution in [2.75, 3.05) is 6.54 Å². The van der Waals surface area contributed by atoms with Gasteiger partial charge in [0.1, 0.15) is 4.32 Å². The molecule has 144 valence electrons. The first-order valence-corrected chi connectivity index (χ1v) is 10.7. The van der Waals surface area contributed by atoms with Crippen molar-refractivity contribution in [3.63, 3.8) is 0 Å². The van der Waals surface area contributed by atoms with Gasteiger partial charge in [-0.05, 0) is 43.2 Å². The van der Waals surface area contributed by atoms with Crippen molar-refractivity contribution in [1.82, 2.24) is 4.90 Å². The average molecular weight is 431 g/mol. The van der Waals surface area contributed by atoms with E-state index in [0.717, 1.165) is 16.9 Å². The molecule has 1 fully saturated rings. The lowest BCUT2D eigenvalue weighted by Gasteiger charge is -2.11. The predicted molar refractivity (Wildman–Crippen MR) is 119 cm³/mol. The molecular weight excluding hydrogens is 412 g/mol. The molecule has 5 nitrogen and oxygen atoms in total. The zero-order valence-electron chi connectivity index (χ0n) is 15.4. The molecule has 1 aliphatic rings. The van der Waals surface area contributed by atoms with Crippen molar-refractivity contribution in [3.05, 3.63) is 68.6 Å². The average Bonchev–Trinajstić information content (AvgIpc) is 2.92. The van der Waals surface area contributed by atoms with Gasteiger partial charge in [-0.25, -0.2) is 0 Å². The third kappa shape index (κ3) is 4.63. The normalized spacial score (nSPS) is 15.5. The molecule has 28 heavy (non-hydrogen) atoms. The number of amides is 1. The third-order valence-corrected chi connectivity index (χ3v) is 6.50. The number of aryl methyl sites for hydroxylation is 1. The fourth-order valence-electron chi connectivity index (χ4n) is 2.65. The highest BCUT2D eigenvalue weighted by atomic mass is 32.2. The van der Waals surface area contributed by atoms with E-state index in [2.05, 4.69) is 0 Å². The van der Waals surface area contributed by atoms with Gasteiger partial charge in [-0.1, -0.05) is 66.4 Å². The Balaban J connectivity index is 1.89. The standard InChI is InChI=1S/C20H18N2O3S3/c1-3-10-21-19(23)18(28-20(21)26)12-14-6-9-17(16(11-14)22(24)25)27-15-7-4-13(2)5-8-15/h4-9,11-12H,3,10H2,1-2H3/b18-12+. The molecule has 1 amide bonds. The summed E-state index contributed by atoms with van der Waals surface area (Å²) < 4.78 is 0.527. The fourth-order valence-corrected chi connectivity index (χ4v) is 4.86. The van der Waals surface area contributed by atoms with E-state index < -0.39 is 4.92 Å². The van der Waals surface area contributed by atoms with Crippen molar-refractivity contribution in [1.29, 1.82) is 0 Å². The zero-order chi connectivity index (χ0) is 20.3.